The number of para-hydroxylation sites is 1. The van der Waals surface area contributed by atoms with Crippen LogP contribution in [-0.4, -0.2) is 23.5 Å². The second kappa shape index (κ2) is 7.54. The molecule has 0 saturated heterocycles. The Morgan fingerprint density at radius 3 is 2.22 bits per heavy atom. The van der Waals surface area contributed by atoms with E-state index < -0.39 is 17.7 Å². The number of carbonyl (C=O) groups excluding carboxylic acids is 1. The molecule has 0 spiro atoms. The molecule has 2 aromatic carbocycles. The van der Waals surface area contributed by atoms with E-state index in [0.717, 1.165) is 5.69 Å². The van der Waals surface area contributed by atoms with E-state index >= 15 is 0 Å². The highest BCUT2D eigenvalue weighted by Crippen LogP contribution is 2.23. The predicted molar refractivity (Wildman–Crippen MR) is 85.9 cm³/mol. The Hall–Kier alpha value is -2.69. The van der Waals surface area contributed by atoms with Crippen LogP contribution in [0.5, 0.6) is 0 Å². The number of nitrogens with zero attached hydrogens (tertiary/aromatic N) is 1. The summed E-state index contributed by atoms with van der Waals surface area (Å²) in [4.78, 5) is 25.6. The summed E-state index contributed by atoms with van der Waals surface area (Å²) in [5, 5.41) is 9.41. The van der Waals surface area contributed by atoms with E-state index in [1.807, 2.05) is 25.1 Å². The van der Waals surface area contributed by atoms with Crippen LogP contribution in [0, 0.1) is 5.82 Å². The van der Waals surface area contributed by atoms with Crippen molar-refractivity contribution < 1.29 is 19.1 Å². The normalized spacial score (nSPS) is 11.7. The van der Waals surface area contributed by atoms with Crippen molar-refractivity contribution >= 4 is 17.6 Å². The van der Waals surface area contributed by atoms with Gasteiger partial charge in [0, 0.05) is 18.7 Å². The van der Waals surface area contributed by atoms with Gasteiger partial charge in [-0.2, -0.15) is 0 Å². The predicted octanol–water partition coefficient (Wildman–Crippen LogP) is 3.44. The fraction of sp³-hybridized carbons (Fsp3) is 0.222. The van der Waals surface area contributed by atoms with Crippen LogP contribution < -0.4 is 4.90 Å². The van der Waals surface area contributed by atoms with Crippen molar-refractivity contribution in [3.05, 3.63) is 66.0 Å². The van der Waals surface area contributed by atoms with Gasteiger partial charge >= 0.3 is 5.97 Å². The van der Waals surface area contributed by atoms with Crippen molar-refractivity contribution in [2.24, 2.45) is 0 Å². The quantitative estimate of drug-likeness (QED) is 0.888. The summed E-state index contributed by atoms with van der Waals surface area (Å²) in [7, 11) is 0. The molecule has 2 rings (SSSR count). The molecule has 1 amide bonds. The van der Waals surface area contributed by atoms with Crippen molar-refractivity contribution in [1.29, 1.82) is 0 Å². The fourth-order valence-electron chi connectivity index (χ4n) is 2.44. The maximum atomic E-state index is 13.0. The SMILES string of the molecule is CCN(C(=O)CC(C(=O)O)c1ccc(F)cc1)c1ccccc1. The third kappa shape index (κ3) is 4.16. The maximum Gasteiger partial charge on any atom is 0.311 e. The van der Waals surface area contributed by atoms with Crippen LogP contribution in [0.4, 0.5) is 10.1 Å². The van der Waals surface area contributed by atoms with Gasteiger partial charge in [0.25, 0.3) is 0 Å². The molecule has 0 heterocycles. The van der Waals surface area contributed by atoms with E-state index in [-0.39, 0.29) is 12.3 Å². The lowest BCUT2D eigenvalue weighted by Crippen LogP contribution is -2.33. The molecule has 120 valence electrons. The van der Waals surface area contributed by atoms with Gasteiger partial charge in [0.1, 0.15) is 5.82 Å². The highest BCUT2D eigenvalue weighted by Gasteiger charge is 2.26. The number of carboxylic acid groups (broad SMARTS) is 1. The van der Waals surface area contributed by atoms with Gasteiger partial charge < -0.3 is 10.0 Å². The molecule has 23 heavy (non-hydrogen) atoms. The van der Waals surface area contributed by atoms with Gasteiger partial charge in [-0.15, -0.1) is 0 Å². The Bertz CT molecular complexity index is 670. The molecule has 0 bridgehead atoms. The molecule has 0 aliphatic rings. The number of benzene rings is 2. The summed E-state index contributed by atoms with van der Waals surface area (Å²) in [6.45, 7) is 2.27. The lowest BCUT2D eigenvalue weighted by Gasteiger charge is -2.23. The summed E-state index contributed by atoms with van der Waals surface area (Å²) in [6, 6.07) is 14.3. The summed E-state index contributed by atoms with van der Waals surface area (Å²) >= 11 is 0. The fourth-order valence-corrected chi connectivity index (χ4v) is 2.44. The van der Waals surface area contributed by atoms with Gasteiger partial charge in [-0.1, -0.05) is 30.3 Å². The number of aliphatic carboxylic acids is 1. The van der Waals surface area contributed by atoms with Crippen molar-refractivity contribution in [3.63, 3.8) is 0 Å². The van der Waals surface area contributed by atoms with Gasteiger partial charge in [-0.25, -0.2) is 4.39 Å². The molecular formula is C18H18FNO3. The van der Waals surface area contributed by atoms with Crippen LogP contribution >= 0.6 is 0 Å². The zero-order chi connectivity index (χ0) is 16.8. The average molecular weight is 315 g/mol. The number of rotatable bonds is 6. The van der Waals surface area contributed by atoms with E-state index in [1.54, 1.807) is 17.0 Å². The van der Waals surface area contributed by atoms with Crippen molar-refractivity contribution in [1.82, 2.24) is 0 Å². The molecule has 1 unspecified atom stereocenters. The maximum absolute atomic E-state index is 13.0. The highest BCUT2D eigenvalue weighted by atomic mass is 19.1. The molecule has 0 aromatic heterocycles. The number of hydrogen-bond donors (Lipinski definition) is 1. The summed E-state index contributed by atoms with van der Waals surface area (Å²) in [5.74, 6) is -2.82. The molecule has 1 atom stereocenters. The molecule has 4 nitrogen and oxygen atoms in total. The lowest BCUT2D eigenvalue weighted by molar-refractivity contribution is -0.140. The van der Waals surface area contributed by atoms with Crippen LogP contribution in [0.15, 0.2) is 54.6 Å². The van der Waals surface area contributed by atoms with E-state index in [9.17, 15) is 19.1 Å². The zero-order valence-corrected chi connectivity index (χ0v) is 12.8. The van der Waals surface area contributed by atoms with E-state index in [4.69, 9.17) is 0 Å². The molecule has 0 fully saturated rings. The monoisotopic (exact) mass is 315 g/mol. The largest absolute Gasteiger partial charge is 0.481 e. The Morgan fingerprint density at radius 2 is 1.70 bits per heavy atom. The third-order valence-electron chi connectivity index (χ3n) is 3.63. The van der Waals surface area contributed by atoms with Gasteiger partial charge in [0.05, 0.1) is 5.92 Å². The first-order chi connectivity index (χ1) is 11.0. The van der Waals surface area contributed by atoms with Crippen molar-refractivity contribution in [2.75, 3.05) is 11.4 Å². The van der Waals surface area contributed by atoms with Crippen LogP contribution in [0.25, 0.3) is 0 Å². The first-order valence-electron chi connectivity index (χ1n) is 7.36. The molecule has 0 radical (unpaired) electrons. The minimum Gasteiger partial charge on any atom is -0.481 e. The van der Waals surface area contributed by atoms with Gasteiger partial charge in [-0.05, 0) is 36.8 Å². The molecule has 0 saturated carbocycles. The van der Waals surface area contributed by atoms with Crippen molar-refractivity contribution in [2.45, 2.75) is 19.3 Å². The summed E-state index contributed by atoms with van der Waals surface area (Å²) in [5.41, 5.74) is 1.14. The topological polar surface area (TPSA) is 57.6 Å². The number of hydrogen-bond acceptors (Lipinski definition) is 2. The average Bonchev–Trinajstić information content (AvgIpc) is 2.55. The standard InChI is InChI=1S/C18H18FNO3/c1-2-20(15-6-4-3-5-7-15)17(21)12-16(18(22)23)13-8-10-14(19)11-9-13/h3-11,16H,2,12H2,1H3,(H,22,23). The number of carboxylic acids is 1. The summed E-state index contributed by atoms with van der Waals surface area (Å²) in [6.07, 6.45) is -0.177. The van der Waals surface area contributed by atoms with Crippen LogP contribution in [0.3, 0.4) is 0 Å². The number of carbonyl (C=O) groups is 2. The Balaban J connectivity index is 2.20. The zero-order valence-electron chi connectivity index (χ0n) is 12.8. The minimum absolute atomic E-state index is 0.177. The highest BCUT2D eigenvalue weighted by molar-refractivity contribution is 5.96. The third-order valence-corrected chi connectivity index (χ3v) is 3.63. The van der Waals surface area contributed by atoms with Gasteiger partial charge in [-0.3, -0.25) is 9.59 Å². The molecule has 0 aliphatic carbocycles. The Morgan fingerprint density at radius 1 is 1.09 bits per heavy atom. The lowest BCUT2D eigenvalue weighted by atomic mass is 9.95. The van der Waals surface area contributed by atoms with Gasteiger partial charge in [0.2, 0.25) is 5.91 Å². The number of halogens is 1. The van der Waals surface area contributed by atoms with Crippen LogP contribution in [-0.2, 0) is 9.59 Å². The second-order valence-corrected chi connectivity index (χ2v) is 5.12. The van der Waals surface area contributed by atoms with E-state index in [2.05, 4.69) is 0 Å². The molecule has 0 aliphatic heterocycles. The van der Waals surface area contributed by atoms with Crippen LogP contribution in [0.2, 0.25) is 0 Å². The molecular weight excluding hydrogens is 297 g/mol. The smallest absolute Gasteiger partial charge is 0.311 e. The Kier molecular flexibility index (Phi) is 5.46. The molecule has 2 aromatic rings. The number of amides is 1. The Labute approximate surface area is 134 Å². The van der Waals surface area contributed by atoms with E-state index in [0.29, 0.717) is 12.1 Å². The van der Waals surface area contributed by atoms with Gasteiger partial charge in [0.15, 0.2) is 0 Å². The minimum atomic E-state index is -1.10. The first kappa shape index (κ1) is 16.7. The van der Waals surface area contributed by atoms with Crippen LogP contribution in [0.1, 0.15) is 24.8 Å². The molecule has 5 heteroatoms. The second-order valence-electron chi connectivity index (χ2n) is 5.12. The number of anilines is 1. The van der Waals surface area contributed by atoms with E-state index in [1.165, 1.54) is 24.3 Å². The first-order valence-corrected chi connectivity index (χ1v) is 7.36. The summed E-state index contributed by atoms with van der Waals surface area (Å²) < 4.78 is 13.0. The van der Waals surface area contributed by atoms with Crippen molar-refractivity contribution in [3.8, 4) is 0 Å². The molecule has 1 N–H and O–H groups in total.